The van der Waals surface area contributed by atoms with E-state index in [1.54, 1.807) is 23.1 Å². The average molecular weight is 535 g/mol. The van der Waals surface area contributed by atoms with Crippen LogP contribution in [0.2, 0.25) is 0 Å². The number of aromatic nitrogens is 5. The van der Waals surface area contributed by atoms with E-state index in [1.165, 1.54) is 18.2 Å². The van der Waals surface area contributed by atoms with Crippen molar-refractivity contribution in [3.8, 4) is 28.1 Å². The summed E-state index contributed by atoms with van der Waals surface area (Å²) in [5, 5.41) is 18.3. The first kappa shape index (κ1) is 25.6. The number of aromatic carboxylic acids is 1. The number of ether oxygens (including phenoxy) is 1. The van der Waals surface area contributed by atoms with Crippen molar-refractivity contribution in [3.63, 3.8) is 0 Å². The molecule has 0 bridgehead atoms. The number of benzene rings is 2. The van der Waals surface area contributed by atoms with Crippen molar-refractivity contribution in [2.24, 2.45) is 7.05 Å². The Labute approximate surface area is 218 Å². The van der Waals surface area contributed by atoms with Gasteiger partial charge in [0.15, 0.2) is 0 Å². The summed E-state index contributed by atoms with van der Waals surface area (Å²) in [6, 6.07) is 12.6. The molecular weight excluding hydrogens is 515 g/mol. The zero-order chi connectivity index (χ0) is 27.7. The number of hydrogen-bond acceptors (Lipinski definition) is 6. The van der Waals surface area contributed by atoms with E-state index in [-0.39, 0.29) is 24.4 Å². The number of hydrogen-bond donors (Lipinski definition) is 1. The van der Waals surface area contributed by atoms with E-state index in [0.29, 0.717) is 11.8 Å². The fourth-order valence-corrected chi connectivity index (χ4v) is 4.07. The van der Waals surface area contributed by atoms with E-state index < -0.39 is 28.8 Å². The molecule has 0 saturated carbocycles. The topological polar surface area (TPSA) is 112 Å². The second kappa shape index (κ2) is 10.0. The molecule has 0 atom stereocenters. The number of halogens is 3. The standard InChI is InChI=1S/C27H20F3N5O4/c1-34-15-19(14-32-34)18-10-17-11-20(3-5-23(17)31-13-18)39-9-8-35-25(36)7-6-24(33-35)16-2-4-21(26(37)38)22(12-16)27(28,29)30/h2-7,10-15H,8-9H2,1H3,(H,37,38). The van der Waals surface area contributed by atoms with Gasteiger partial charge in [0, 0.05) is 47.6 Å². The van der Waals surface area contributed by atoms with Crippen LogP contribution in [0, 0.1) is 0 Å². The molecule has 0 unspecified atom stereocenters. The van der Waals surface area contributed by atoms with Gasteiger partial charge >= 0.3 is 12.1 Å². The molecule has 2 aromatic carbocycles. The Balaban J connectivity index is 1.34. The minimum absolute atomic E-state index is 0.0217. The smallest absolute Gasteiger partial charge is 0.417 e. The van der Waals surface area contributed by atoms with Gasteiger partial charge < -0.3 is 9.84 Å². The molecule has 0 amide bonds. The van der Waals surface area contributed by atoms with Gasteiger partial charge in [-0.05, 0) is 42.5 Å². The number of aryl methyl sites for hydroxylation is 1. The van der Waals surface area contributed by atoms with Gasteiger partial charge in [-0.25, -0.2) is 9.48 Å². The van der Waals surface area contributed by atoms with Gasteiger partial charge in [-0.3, -0.25) is 14.5 Å². The monoisotopic (exact) mass is 535 g/mol. The lowest BCUT2D eigenvalue weighted by Gasteiger charge is -2.13. The van der Waals surface area contributed by atoms with E-state index in [1.807, 2.05) is 31.4 Å². The lowest BCUT2D eigenvalue weighted by molar-refractivity contribution is -0.138. The molecule has 0 aliphatic carbocycles. The molecule has 0 radical (unpaired) electrons. The predicted molar refractivity (Wildman–Crippen MR) is 135 cm³/mol. The third-order valence-electron chi connectivity index (χ3n) is 5.98. The third-order valence-corrected chi connectivity index (χ3v) is 5.98. The van der Waals surface area contributed by atoms with Crippen LogP contribution in [0.5, 0.6) is 5.75 Å². The molecule has 198 valence electrons. The van der Waals surface area contributed by atoms with Crippen LogP contribution in [0.3, 0.4) is 0 Å². The Bertz CT molecular complexity index is 1760. The first-order valence-electron chi connectivity index (χ1n) is 11.6. The fraction of sp³-hybridized carbons (Fsp3) is 0.148. The first-order chi connectivity index (χ1) is 18.6. The summed E-state index contributed by atoms with van der Waals surface area (Å²) in [7, 11) is 1.83. The minimum Gasteiger partial charge on any atom is -0.492 e. The zero-order valence-corrected chi connectivity index (χ0v) is 20.4. The molecule has 3 aromatic heterocycles. The highest BCUT2D eigenvalue weighted by molar-refractivity contribution is 5.90. The van der Waals surface area contributed by atoms with Crippen LogP contribution in [0.15, 0.2) is 78.0 Å². The first-order valence-corrected chi connectivity index (χ1v) is 11.6. The maximum absolute atomic E-state index is 13.4. The number of carbonyl (C=O) groups is 1. The molecule has 0 spiro atoms. The molecule has 0 aliphatic rings. The molecule has 0 aliphatic heterocycles. The summed E-state index contributed by atoms with van der Waals surface area (Å²) in [6.07, 6.45) is 0.511. The summed E-state index contributed by atoms with van der Waals surface area (Å²) < 4.78 is 48.9. The molecule has 0 saturated heterocycles. The minimum atomic E-state index is -4.87. The normalized spacial score (nSPS) is 11.6. The third kappa shape index (κ3) is 5.49. The van der Waals surface area contributed by atoms with Crippen LogP contribution in [0.1, 0.15) is 15.9 Å². The summed E-state index contributed by atoms with van der Waals surface area (Å²) in [6.45, 7) is 0.0847. The molecule has 5 rings (SSSR count). The van der Waals surface area contributed by atoms with Crippen LogP contribution in [-0.4, -0.2) is 42.2 Å². The number of rotatable bonds is 7. The Morgan fingerprint density at radius 1 is 1.00 bits per heavy atom. The molecule has 9 nitrogen and oxygen atoms in total. The Morgan fingerprint density at radius 2 is 1.82 bits per heavy atom. The quantitative estimate of drug-likeness (QED) is 0.323. The van der Waals surface area contributed by atoms with Crippen LogP contribution < -0.4 is 10.3 Å². The van der Waals surface area contributed by atoms with Crippen LogP contribution in [0.4, 0.5) is 13.2 Å². The van der Waals surface area contributed by atoms with Crippen molar-refractivity contribution in [1.29, 1.82) is 0 Å². The summed E-state index contributed by atoms with van der Waals surface area (Å²) in [5.41, 5.74) is 0.0511. The van der Waals surface area contributed by atoms with Crippen molar-refractivity contribution in [2.45, 2.75) is 12.7 Å². The van der Waals surface area contributed by atoms with Gasteiger partial charge in [0.2, 0.25) is 0 Å². The Kier molecular flexibility index (Phi) is 6.60. The predicted octanol–water partition coefficient (Wildman–Crippen LogP) is 4.66. The van der Waals surface area contributed by atoms with E-state index in [2.05, 4.69) is 15.2 Å². The van der Waals surface area contributed by atoms with Gasteiger partial charge in [0.25, 0.3) is 5.56 Å². The van der Waals surface area contributed by atoms with Gasteiger partial charge in [0.05, 0.1) is 35.1 Å². The molecule has 1 N–H and O–H groups in total. The van der Waals surface area contributed by atoms with Crippen molar-refractivity contribution in [3.05, 3.63) is 94.7 Å². The Hall–Kier alpha value is -5.00. The highest BCUT2D eigenvalue weighted by Gasteiger charge is 2.35. The average Bonchev–Trinajstić information content (AvgIpc) is 3.34. The highest BCUT2D eigenvalue weighted by Crippen LogP contribution is 2.34. The number of nitrogens with zero attached hydrogens (tertiary/aromatic N) is 5. The lowest BCUT2D eigenvalue weighted by Crippen LogP contribution is -2.25. The molecule has 39 heavy (non-hydrogen) atoms. The van der Waals surface area contributed by atoms with E-state index >= 15 is 0 Å². The summed E-state index contributed by atoms with van der Waals surface area (Å²) >= 11 is 0. The second-order valence-electron chi connectivity index (χ2n) is 8.67. The molecule has 3 heterocycles. The number of carboxylic acid groups (broad SMARTS) is 1. The fourth-order valence-electron chi connectivity index (χ4n) is 4.07. The van der Waals surface area contributed by atoms with Crippen molar-refractivity contribution in [2.75, 3.05) is 6.61 Å². The highest BCUT2D eigenvalue weighted by atomic mass is 19.4. The SMILES string of the molecule is Cn1cc(-c2cnc3ccc(OCCn4nc(-c5ccc(C(=O)O)c(C(F)(F)F)c5)ccc4=O)cc3c2)cn1. The summed E-state index contributed by atoms with van der Waals surface area (Å²) in [5.74, 6) is -1.15. The zero-order valence-electron chi connectivity index (χ0n) is 20.4. The molecule has 12 heteroatoms. The largest absolute Gasteiger partial charge is 0.492 e. The van der Waals surface area contributed by atoms with E-state index in [0.717, 1.165) is 32.8 Å². The van der Waals surface area contributed by atoms with E-state index in [4.69, 9.17) is 9.84 Å². The maximum atomic E-state index is 13.4. The van der Waals surface area contributed by atoms with Crippen LogP contribution >= 0.6 is 0 Å². The number of fused-ring (bicyclic) bond motifs is 1. The van der Waals surface area contributed by atoms with Gasteiger partial charge in [0.1, 0.15) is 12.4 Å². The van der Waals surface area contributed by atoms with Crippen molar-refractivity contribution in [1.82, 2.24) is 24.5 Å². The van der Waals surface area contributed by atoms with Crippen molar-refractivity contribution >= 4 is 16.9 Å². The number of alkyl halides is 3. The molecular formula is C27H20F3N5O4. The van der Waals surface area contributed by atoms with Crippen molar-refractivity contribution < 1.29 is 27.8 Å². The maximum Gasteiger partial charge on any atom is 0.417 e. The van der Waals surface area contributed by atoms with E-state index in [9.17, 15) is 22.8 Å². The molecule has 5 aromatic rings. The number of pyridine rings is 1. The van der Waals surface area contributed by atoms with Gasteiger partial charge in [-0.2, -0.15) is 23.4 Å². The number of carboxylic acids is 1. The van der Waals surface area contributed by atoms with Gasteiger partial charge in [-0.1, -0.05) is 6.07 Å². The Morgan fingerprint density at radius 3 is 2.54 bits per heavy atom. The lowest BCUT2D eigenvalue weighted by atomic mass is 10.0. The van der Waals surface area contributed by atoms with Crippen LogP contribution in [-0.2, 0) is 19.8 Å². The second-order valence-corrected chi connectivity index (χ2v) is 8.67. The molecule has 0 fully saturated rings. The summed E-state index contributed by atoms with van der Waals surface area (Å²) in [4.78, 5) is 28.0. The van der Waals surface area contributed by atoms with Gasteiger partial charge in [-0.15, -0.1) is 0 Å². The van der Waals surface area contributed by atoms with Crippen LogP contribution in [0.25, 0.3) is 33.3 Å².